The lowest BCUT2D eigenvalue weighted by molar-refractivity contribution is -0.137. The van der Waals surface area contributed by atoms with E-state index < -0.39 is 17.8 Å². The predicted octanol–water partition coefficient (Wildman–Crippen LogP) is 6.92. The van der Waals surface area contributed by atoms with Crippen LogP contribution in [0.15, 0.2) is 84.0 Å². The lowest BCUT2D eigenvalue weighted by Crippen LogP contribution is -2.42. The Bertz CT molecular complexity index is 1540. The number of hydrogen-bond donors (Lipinski definition) is 1. The van der Waals surface area contributed by atoms with Crippen LogP contribution in [0.2, 0.25) is 0 Å². The van der Waals surface area contributed by atoms with Gasteiger partial charge in [-0.05, 0) is 67.3 Å². The number of benzene rings is 3. The summed E-state index contributed by atoms with van der Waals surface area (Å²) in [6.45, 7) is 7.84. The van der Waals surface area contributed by atoms with Crippen molar-refractivity contribution in [2.45, 2.75) is 51.4 Å². The summed E-state index contributed by atoms with van der Waals surface area (Å²) in [5.74, 6) is -0.914. The average molecular weight is 600 g/mol. The Morgan fingerprint density at radius 1 is 0.884 bits per heavy atom. The van der Waals surface area contributed by atoms with Gasteiger partial charge in [-0.25, -0.2) is 14.4 Å². The van der Waals surface area contributed by atoms with Crippen LogP contribution in [0.25, 0.3) is 0 Å². The monoisotopic (exact) mass is 599 g/mol. The third kappa shape index (κ3) is 8.41. The Labute approximate surface area is 257 Å². The SMILES string of the molecule is Cc1cc(C)nc(SCC(=O)N(Cc2ccccc2F)C(C(=O)Nc2ccc(N(C)C)cc2)c2ccc(C(C)C)cc2)n1. The van der Waals surface area contributed by atoms with E-state index in [2.05, 4.69) is 29.1 Å². The first kappa shape index (κ1) is 31.7. The van der Waals surface area contributed by atoms with E-state index in [-0.39, 0.29) is 18.2 Å². The van der Waals surface area contributed by atoms with Crippen molar-refractivity contribution in [3.05, 3.63) is 113 Å². The van der Waals surface area contributed by atoms with Crippen LogP contribution in [0, 0.1) is 19.7 Å². The molecule has 1 aromatic heterocycles. The molecule has 0 aliphatic carbocycles. The maximum Gasteiger partial charge on any atom is 0.251 e. The predicted molar refractivity (Wildman–Crippen MR) is 172 cm³/mol. The van der Waals surface area contributed by atoms with E-state index in [9.17, 15) is 14.0 Å². The quantitative estimate of drug-likeness (QED) is 0.149. The first-order valence-electron chi connectivity index (χ1n) is 14.2. The molecule has 43 heavy (non-hydrogen) atoms. The van der Waals surface area contributed by atoms with Crippen LogP contribution in [0.1, 0.15) is 53.9 Å². The van der Waals surface area contributed by atoms with Gasteiger partial charge in [-0.3, -0.25) is 9.59 Å². The highest BCUT2D eigenvalue weighted by atomic mass is 32.2. The highest BCUT2D eigenvalue weighted by molar-refractivity contribution is 7.99. The molecule has 3 aromatic carbocycles. The third-order valence-electron chi connectivity index (χ3n) is 7.04. The third-order valence-corrected chi connectivity index (χ3v) is 7.87. The molecule has 7 nitrogen and oxygen atoms in total. The summed E-state index contributed by atoms with van der Waals surface area (Å²) in [5.41, 5.74) is 5.23. The Morgan fingerprint density at radius 2 is 1.49 bits per heavy atom. The number of rotatable bonds is 11. The molecule has 0 radical (unpaired) electrons. The van der Waals surface area contributed by atoms with Crippen molar-refractivity contribution in [2.24, 2.45) is 0 Å². The number of amides is 2. The van der Waals surface area contributed by atoms with Crippen molar-refractivity contribution in [3.8, 4) is 0 Å². The molecule has 9 heteroatoms. The molecular formula is C34H38FN5O2S. The molecule has 1 heterocycles. The molecule has 0 saturated heterocycles. The topological polar surface area (TPSA) is 78.4 Å². The van der Waals surface area contributed by atoms with Gasteiger partial charge in [0.15, 0.2) is 5.16 Å². The Balaban J connectivity index is 1.73. The number of anilines is 2. The Hall–Kier alpha value is -4.24. The van der Waals surface area contributed by atoms with Gasteiger partial charge >= 0.3 is 0 Å². The largest absolute Gasteiger partial charge is 0.378 e. The molecule has 0 aliphatic heterocycles. The van der Waals surface area contributed by atoms with Crippen LogP contribution >= 0.6 is 11.8 Å². The van der Waals surface area contributed by atoms with Gasteiger partial charge in [-0.2, -0.15) is 0 Å². The minimum atomic E-state index is -1.03. The number of thioether (sulfide) groups is 1. The maximum absolute atomic E-state index is 14.9. The van der Waals surface area contributed by atoms with Gasteiger partial charge in [0, 0.05) is 49.0 Å². The first-order chi connectivity index (χ1) is 20.5. The zero-order chi connectivity index (χ0) is 31.1. The highest BCUT2D eigenvalue weighted by Crippen LogP contribution is 2.29. The van der Waals surface area contributed by atoms with Crippen LogP contribution in [-0.4, -0.2) is 46.5 Å². The van der Waals surface area contributed by atoms with E-state index in [0.29, 0.717) is 27.9 Å². The second kappa shape index (κ2) is 14.3. The zero-order valence-corrected chi connectivity index (χ0v) is 26.3. The van der Waals surface area contributed by atoms with E-state index in [0.717, 1.165) is 22.6 Å². The lowest BCUT2D eigenvalue weighted by Gasteiger charge is -2.32. The number of nitrogens with zero attached hydrogens (tertiary/aromatic N) is 4. The molecule has 4 aromatic rings. The standard InChI is InChI=1S/C34H38FN5O2S/c1-22(2)25-11-13-26(14-12-25)32(33(42)38-28-15-17-29(18-16-28)39(5)6)40(20-27-9-7-8-10-30(27)35)31(41)21-43-34-36-23(3)19-24(4)37-34/h7-19,22,32H,20-21H2,1-6H3,(H,38,42). The number of aryl methyl sites for hydroxylation is 2. The fraction of sp³-hybridized carbons (Fsp3) is 0.294. The second-order valence-corrected chi connectivity index (χ2v) is 11.9. The van der Waals surface area contributed by atoms with Gasteiger partial charge in [0.25, 0.3) is 5.91 Å². The van der Waals surface area contributed by atoms with E-state index in [1.165, 1.54) is 22.7 Å². The number of carbonyl (C=O) groups excluding carboxylic acids is 2. The van der Waals surface area contributed by atoms with Crippen LogP contribution < -0.4 is 10.2 Å². The van der Waals surface area contributed by atoms with Crippen LogP contribution in [0.4, 0.5) is 15.8 Å². The van der Waals surface area contributed by atoms with E-state index >= 15 is 0 Å². The molecule has 0 saturated carbocycles. The van der Waals surface area contributed by atoms with Gasteiger partial charge < -0.3 is 15.1 Å². The molecule has 1 N–H and O–H groups in total. The van der Waals surface area contributed by atoms with Crippen molar-refractivity contribution >= 4 is 35.0 Å². The minimum Gasteiger partial charge on any atom is -0.378 e. The van der Waals surface area contributed by atoms with E-state index in [1.807, 2.05) is 87.4 Å². The van der Waals surface area contributed by atoms with Gasteiger partial charge in [-0.1, -0.05) is 68.1 Å². The molecule has 0 bridgehead atoms. The molecule has 4 rings (SSSR count). The van der Waals surface area contributed by atoms with Gasteiger partial charge in [0.2, 0.25) is 5.91 Å². The summed E-state index contributed by atoms with van der Waals surface area (Å²) >= 11 is 1.20. The Morgan fingerprint density at radius 3 is 2.07 bits per heavy atom. The summed E-state index contributed by atoms with van der Waals surface area (Å²) in [6.07, 6.45) is 0. The summed E-state index contributed by atoms with van der Waals surface area (Å²) in [4.78, 5) is 40.4. The fourth-order valence-electron chi connectivity index (χ4n) is 4.69. The van der Waals surface area contributed by atoms with Crippen LogP contribution in [0.5, 0.6) is 0 Å². The molecule has 224 valence electrons. The van der Waals surface area contributed by atoms with Gasteiger partial charge in [-0.15, -0.1) is 0 Å². The van der Waals surface area contributed by atoms with Crippen molar-refractivity contribution in [1.82, 2.24) is 14.9 Å². The Kier molecular flexibility index (Phi) is 10.5. The zero-order valence-electron chi connectivity index (χ0n) is 25.5. The average Bonchev–Trinajstić information content (AvgIpc) is 2.96. The molecular weight excluding hydrogens is 561 g/mol. The smallest absolute Gasteiger partial charge is 0.251 e. The summed E-state index contributed by atoms with van der Waals surface area (Å²) in [7, 11) is 3.88. The number of hydrogen-bond acceptors (Lipinski definition) is 6. The van der Waals surface area contributed by atoms with Crippen molar-refractivity contribution in [2.75, 3.05) is 30.1 Å². The van der Waals surface area contributed by atoms with E-state index in [4.69, 9.17) is 0 Å². The van der Waals surface area contributed by atoms with Gasteiger partial charge in [0.1, 0.15) is 11.9 Å². The van der Waals surface area contributed by atoms with E-state index in [1.54, 1.807) is 18.2 Å². The van der Waals surface area contributed by atoms with Crippen LogP contribution in [0.3, 0.4) is 0 Å². The van der Waals surface area contributed by atoms with Crippen molar-refractivity contribution < 1.29 is 14.0 Å². The number of carbonyl (C=O) groups is 2. The fourth-order valence-corrected chi connectivity index (χ4v) is 5.53. The number of halogens is 1. The van der Waals surface area contributed by atoms with Crippen molar-refractivity contribution in [3.63, 3.8) is 0 Å². The molecule has 1 atom stereocenters. The summed E-state index contributed by atoms with van der Waals surface area (Å²) in [6, 6.07) is 22.3. The molecule has 2 amide bonds. The lowest BCUT2D eigenvalue weighted by atomic mass is 9.97. The molecule has 0 spiro atoms. The molecule has 0 aliphatic rings. The van der Waals surface area contributed by atoms with Gasteiger partial charge in [0.05, 0.1) is 5.75 Å². The number of nitrogens with one attached hydrogen (secondary N) is 1. The number of aromatic nitrogens is 2. The van der Waals surface area contributed by atoms with Crippen LogP contribution in [-0.2, 0) is 16.1 Å². The molecule has 0 fully saturated rings. The maximum atomic E-state index is 14.9. The van der Waals surface area contributed by atoms with Crippen molar-refractivity contribution in [1.29, 1.82) is 0 Å². The molecule has 1 unspecified atom stereocenters. The second-order valence-electron chi connectivity index (χ2n) is 11.0. The minimum absolute atomic E-state index is 0.0251. The highest BCUT2D eigenvalue weighted by Gasteiger charge is 2.32. The summed E-state index contributed by atoms with van der Waals surface area (Å²) < 4.78 is 14.9. The first-order valence-corrected chi connectivity index (χ1v) is 15.2. The summed E-state index contributed by atoms with van der Waals surface area (Å²) in [5, 5.41) is 3.46. The normalized spacial score (nSPS) is 11.7.